The van der Waals surface area contributed by atoms with Crippen molar-refractivity contribution >= 4 is 17.6 Å². The normalized spacial score (nSPS) is 21.7. The van der Waals surface area contributed by atoms with Crippen LogP contribution in [-0.4, -0.2) is 67.4 Å². The molecule has 1 fully saturated rings. The highest BCUT2D eigenvalue weighted by atomic mass is 16.5. The van der Waals surface area contributed by atoms with E-state index in [1.165, 1.54) is 12.1 Å². The molecule has 2 aliphatic heterocycles. The van der Waals surface area contributed by atoms with Crippen LogP contribution in [0.4, 0.5) is 5.69 Å². The largest absolute Gasteiger partial charge is 0.479 e. The molecule has 0 aromatic heterocycles. The molecule has 124 valence electrons. The number of carboxylic acids is 1. The third-order valence-corrected chi connectivity index (χ3v) is 4.16. The molecule has 0 aliphatic carbocycles. The van der Waals surface area contributed by atoms with E-state index in [0.717, 1.165) is 19.6 Å². The Balaban J connectivity index is 1.79. The lowest BCUT2D eigenvalue weighted by molar-refractivity contribution is -0.125. The maximum absolute atomic E-state index is 12.4. The highest BCUT2D eigenvalue weighted by Crippen LogP contribution is 2.34. The second-order valence-electron chi connectivity index (χ2n) is 5.69. The van der Waals surface area contributed by atoms with Gasteiger partial charge < -0.3 is 19.5 Å². The van der Waals surface area contributed by atoms with E-state index in [9.17, 15) is 9.59 Å². The number of carbonyl (C=O) groups excluding carboxylic acids is 1. The van der Waals surface area contributed by atoms with Gasteiger partial charge in [0.15, 0.2) is 6.10 Å². The minimum absolute atomic E-state index is 0.103. The molecule has 7 heteroatoms. The van der Waals surface area contributed by atoms with E-state index in [2.05, 4.69) is 4.90 Å². The fourth-order valence-corrected chi connectivity index (χ4v) is 2.84. The van der Waals surface area contributed by atoms with Crippen molar-refractivity contribution in [3.05, 3.63) is 23.8 Å². The van der Waals surface area contributed by atoms with Crippen molar-refractivity contribution in [3.8, 4) is 5.75 Å². The molecule has 1 amide bonds. The number of fused-ring (bicyclic) bond motifs is 1. The maximum atomic E-state index is 12.4. The minimum Gasteiger partial charge on any atom is -0.479 e. The third kappa shape index (κ3) is 3.30. The van der Waals surface area contributed by atoms with Gasteiger partial charge in [-0.05, 0) is 25.1 Å². The Morgan fingerprint density at radius 1 is 1.30 bits per heavy atom. The molecule has 0 radical (unpaired) electrons. The quantitative estimate of drug-likeness (QED) is 0.885. The van der Waals surface area contributed by atoms with Gasteiger partial charge in [0.1, 0.15) is 5.75 Å². The van der Waals surface area contributed by atoms with E-state index < -0.39 is 12.1 Å². The lowest BCUT2D eigenvalue weighted by atomic mass is 10.1. The van der Waals surface area contributed by atoms with E-state index in [-0.39, 0.29) is 11.5 Å². The summed E-state index contributed by atoms with van der Waals surface area (Å²) in [5.41, 5.74) is 0.782. The summed E-state index contributed by atoms with van der Waals surface area (Å²) in [6.07, 6.45) is -0.615. The van der Waals surface area contributed by atoms with Crippen LogP contribution in [0.1, 0.15) is 17.3 Å². The molecular weight excluding hydrogens is 300 g/mol. The van der Waals surface area contributed by atoms with Gasteiger partial charge in [0, 0.05) is 26.2 Å². The molecule has 0 spiro atoms. The number of hydrogen-bond donors (Lipinski definition) is 1. The second kappa shape index (κ2) is 6.55. The van der Waals surface area contributed by atoms with Gasteiger partial charge in [-0.3, -0.25) is 9.69 Å². The summed E-state index contributed by atoms with van der Waals surface area (Å²) >= 11 is 0. The van der Waals surface area contributed by atoms with Gasteiger partial charge in [0.2, 0.25) is 0 Å². The van der Waals surface area contributed by atoms with Crippen LogP contribution in [-0.2, 0) is 9.53 Å². The topological polar surface area (TPSA) is 79.3 Å². The van der Waals surface area contributed by atoms with Crippen molar-refractivity contribution in [1.29, 1.82) is 0 Å². The summed E-state index contributed by atoms with van der Waals surface area (Å²) in [6, 6.07) is 4.61. The summed E-state index contributed by atoms with van der Waals surface area (Å²) in [4.78, 5) is 27.4. The molecule has 1 atom stereocenters. The molecule has 2 aliphatic rings. The molecule has 3 rings (SSSR count). The van der Waals surface area contributed by atoms with Crippen LogP contribution in [0.2, 0.25) is 0 Å². The zero-order valence-corrected chi connectivity index (χ0v) is 13.0. The molecular formula is C16H20N2O5. The molecule has 2 heterocycles. The molecule has 7 nitrogen and oxygen atoms in total. The first-order valence-electron chi connectivity index (χ1n) is 7.72. The van der Waals surface area contributed by atoms with Crippen molar-refractivity contribution in [2.45, 2.75) is 13.0 Å². The number of aromatic carboxylic acids is 1. The lowest BCUT2D eigenvalue weighted by Crippen LogP contribution is -2.48. The maximum Gasteiger partial charge on any atom is 0.335 e. The van der Waals surface area contributed by atoms with Crippen LogP contribution < -0.4 is 9.64 Å². The number of ether oxygens (including phenoxy) is 2. The third-order valence-electron chi connectivity index (χ3n) is 4.16. The van der Waals surface area contributed by atoms with Crippen LogP contribution in [0.5, 0.6) is 5.75 Å². The molecule has 1 aromatic carbocycles. The van der Waals surface area contributed by atoms with Crippen LogP contribution in [0, 0.1) is 0 Å². The standard InChI is InChI=1S/C16H20N2O5/c1-11-15(19)18(5-4-17-6-8-22-9-7-17)13-3-2-12(16(20)21)10-14(13)23-11/h2-3,10-11H,4-9H2,1H3,(H,20,21). The summed E-state index contributed by atoms with van der Waals surface area (Å²) < 4.78 is 10.9. The van der Waals surface area contributed by atoms with Crippen molar-refractivity contribution < 1.29 is 24.2 Å². The summed E-state index contributed by atoms with van der Waals surface area (Å²) in [6.45, 7) is 6.13. The molecule has 1 aromatic rings. The van der Waals surface area contributed by atoms with Crippen LogP contribution in [0.15, 0.2) is 18.2 Å². The van der Waals surface area contributed by atoms with E-state index in [1.807, 2.05) is 0 Å². The average molecular weight is 320 g/mol. The summed E-state index contributed by atoms with van der Waals surface area (Å²) in [5, 5.41) is 9.09. The predicted molar refractivity (Wildman–Crippen MR) is 83.1 cm³/mol. The zero-order valence-electron chi connectivity index (χ0n) is 13.0. The van der Waals surface area contributed by atoms with Crippen LogP contribution >= 0.6 is 0 Å². The Labute approximate surface area is 134 Å². The monoisotopic (exact) mass is 320 g/mol. The van der Waals surface area contributed by atoms with Gasteiger partial charge in [-0.15, -0.1) is 0 Å². The van der Waals surface area contributed by atoms with Gasteiger partial charge in [0.05, 0.1) is 24.5 Å². The number of carboxylic acid groups (broad SMARTS) is 1. The summed E-state index contributed by atoms with van der Waals surface area (Å²) in [5.74, 6) is -0.673. The van der Waals surface area contributed by atoms with E-state index in [4.69, 9.17) is 14.6 Å². The van der Waals surface area contributed by atoms with E-state index in [0.29, 0.717) is 31.2 Å². The Hall–Kier alpha value is -2.12. The predicted octanol–water partition coefficient (Wildman–Crippen LogP) is 0.831. The number of nitrogens with zero attached hydrogens (tertiary/aromatic N) is 2. The van der Waals surface area contributed by atoms with Gasteiger partial charge in [-0.25, -0.2) is 4.79 Å². The van der Waals surface area contributed by atoms with Gasteiger partial charge in [-0.2, -0.15) is 0 Å². The number of amides is 1. The first kappa shape index (κ1) is 15.8. The van der Waals surface area contributed by atoms with Crippen molar-refractivity contribution in [2.24, 2.45) is 0 Å². The first-order chi connectivity index (χ1) is 11.1. The number of rotatable bonds is 4. The van der Waals surface area contributed by atoms with E-state index in [1.54, 1.807) is 17.9 Å². The highest BCUT2D eigenvalue weighted by molar-refractivity contribution is 6.00. The highest BCUT2D eigenvalue weighted by Gasteiger charge is 2.32. The zero-order chi connectivity index (χ0) is 16.4. The Morgan fingerprint density at radius 2 is 2.04 bits per heavy atom. The molecule has 1 N–H and O–H groups in total. The number of anilines is 1. The average Bonchev–Trinajstić information content (AvgIpc) is 2.55. The van der Waals surface area contributed by atoms with Crippen LogP contribution in [0.25, 0.3) is 0 Å². The SMILES string of the molecule is CC1Oc2cc(C(=O)O)ccc2N(CCN2CCOCC2)C1=O. The van der Waals surface area contributed by atoms with Crippen molar-refractivity contribution in [1.82, 2.24) is 4.90 Å². The second-order valence-corrected chi connectivity index (χ2v) is 5.69. The number of hydrogen-bond acceptors (Lipinski definition) is 5. The lowest BCUT2D eigenvalue weighted by Gasteiger charge is -2.35. The van der Waals surface area contributed by atoms with Crippen molar-refractivity contribution in [2.75, 3.05) is 44.3 Å². The summed E-state index contributed by atoms with van der Waals surface area (Å²) in [7, 11) is 0. The molecule has 1 unspecified atom stereocenters. The van der Waals surface area contributed by atoms with Gasteiger partial charge in [-0.1, -0.05) is 0 Å². The molecule has 1 saturated heterocycles. The Morgan fingerprint density at radius 3 is 2.74 bits per heavy atom. The number of benzene rings is 1. The molecule has 23 heavy (non-hydrogen) atoms. The minimum atomic E-state index is -1.01. The van der Waals surface area contributed by atoms with Crippen LogP contribution in [0.3, 0.4) is 0 Å². The first-order valence-corrected chi connectivity index (χ1v) is 7.72. The molecule has 0 saturated carbocycles. The fraction of sp³-hybridized carbons (Fsp3) is 0.500. The van der Waals surface area contributed by atoms with Crippen molar-refractivity contribution in [3.63, 3.8) is 0 Å². The van der Waals surface area contributed by atoms with E-state index >= 15 is 0 Å². The number of carbonyl (C=O) groups is 2. The Bertz CT molecular complexity index is 612. The Kier molecular flexibility index (Phi) is 4.49. The van der Waals surface area contributed by atoms with Gasteiger partial charge in [0.25, 0.3) is 5.91 Å². The smallest absolute Gasteiger partial charge is 0.335 e. The van der Waals surface area contributed by atoms with Gasteiger partial charge >= 0.3 is 5.97 Å². The molecule has 0 bridgehead atoms. The fourth-order valence-electron chi connectivity index (χ4n) is 2.84. The number of morpholine rings is 1.